The molecule has 0 aromatic carbocycles. The van der Waals surface area contributed by atoms with Crippen LogP contribution in [0.1, 0.15) is 105 Å². The maximum absolute atomic E-state index is 10.8. The average molecular weight is 433 g/mol. The number of aliphatic hydroxyl groups is 2. The molecule has 1 heterocycles. The SMILES string of the molecule is C[C@H](CC[C@@]1(O)CCOC1)[C@H]1CC[C@H]2[C@@H]3CC[C@H]4C[C@@](C)(O)CC[C@]4(C)[C@H]3CC[C@]12C. The van der Waals surface area contributed by atoms with Crippen molar-refractivity contribution in [2.45, 2.75) is 116 Å². The summed E-state index contributed by atoms with van der Waals surface area (Å²) in [5, 5.41) is 21.5. The lowest BCUT2D eigenvalue weighted by atomic mass is 9.43. The quantitative estimate of drug-likeness (QED) is 0.576. The fraction of sp³-hybridized carbons (Fsp3) is 1.00. The van der Waals surface area contributed by atoms with Gasteiger partial charge in [0.1, 0.15) is 0 Å². The minimum absolute atomic E-state index is 0.428. The van der Waals surface area contributed by atoms with Crippen molar-refractivity contribution in [3.8, 4) is 0 Å². The third kappa shape index (κ3) is 3.73. The van der Waals surface area contributed by atoms with Crippen LogP contribution in [0.4, 0.5) is 0 Å². The summed E-state index contributed by atoms with van der Waals surface area (Å²) in [6.45, 7) is 11.1. The third-order valence-electron chi connectivity index (χ3n) is 11.9. The van der Waals surface area contributed by atoms with Gasteiger partial charge in [-0.2, -0.15) is 0 Å². The van der Waals surface area contributed by atoms with E-state index in [9.17, 15) is 10.2 Å². The first-order valence-electron chi connectivity index (χ1n) is 13.6. The molecule has 0 amide bonds. The zero-order valence-corrected chi connectivity index (χ0v) is 20.7. The molecule has 31 heavy (non-hydrogen) atoms. The molecule has 5 fully saturated rings. The molecule has 0 radical (unpaired) electrons. The molecule has 178 valence electrons. The van der Waals surface area contributed by atoms with Crippen LogP contribution in [-0.4, -0.2) is 34.6 Å². The van der Waals surface area contributed by atoms with Crippen molar-refractivity contribution in [1.29, 1.82) is 0 Å². The summed E-state index contributed by atoms with van der Waals surface area (Å²) in [7, 11) is 0. The molecule has 1 aliphatic heterocycles. The zero-order chi connectivity index (χ0) is 22.1. The van der Waals surface area contributed by atoms with Gasteiger partial charge in [-0.05, 0) is 124 Å². The number of fused-ring (bicyclic) bond motifs is 5. The van der Waals surface area contributed by atoms with Gasteiger partial charge in [0.2, 0.25) is 0 Å². The van der Waals surface area contributed by atoms with E-state index in [1.165, 1.54) is 44.9 Å². The molecule has 10 atom stereocenters. The molecule has 5 rings (SSSR count). The van der Waals surface area contributed by atoms with Gasteiger partial charge >= 0.3 is 0 Å². The Bertz CT molecular complexity index is 667. The maximum Gasteiger partial charge on any atom is 0.0902 e. The third-order valence-corrected chi connectivity index (χ3v) is 11.9. The van der Waals surface area contributed by atoms with Crippen LogP contribution in [0.2, 0.25) is 0 Å². The van der Waals surface area contributed by atoms with Crippen molar-refractivity contribution in [2.75, 3.05) is 13.2 Å². The second-order valence-electron chi connectivity index (χ2n) is 13.6. The van der Waals surface area contributed by atoms with E-state index in [4.69, 9.17) is 4.74 Å². The molecular formula is C28H48O3. The molecule has 0 spiro atoms. The largest absolute Gasteiger partial charge is 0.390 e. The Morgan fingerprint density at radius 2 is 1.65 bits per heavy atom. The highest BCUT2D eigenvalue weighted by molar-refractivity contribution is 5.10. The topological polar surface area (TPSA) is 49.7 Å². The van der Waals surface area contributed by atoms with Crippen molar-refractivity contribution in [1.82, 2.24) is 0 Å². The molecule has 0 unspecified atom stereocenters. The van der Waals surface area contributed by atoms with Crippen LogP contribution in [0.3, 0.4) is 0 Å². The predicted molar refractivity (Wildman–Crippen MR) is 125 cm³/mol. The van der Waals surface area contributed by atoms with E-state index in [0.29, 0.717) is 23.4 Å². The monoisotopic (exact) mass is 432 g/mol. The van der Waals surface area contributed by atoms with Gasteiger partial charge in [-0.25, -0.2) is 0 Å². The van der Waals surface area contributed by atoms with Crippen LogP contribution in [0.15, 0.2) is 0 Å². The first kappa shape index (κ1) is 22.7. The molecular weight excluding hydrogens is 384 g/mol. The lowest BCUT2D eigenvalue weighted by Gasteiger charge is -2.62. The lowest BCUT2D eigenvalue weighted by molar-refractivity contribution is -0.148. The summed E-state index contributed by atoms with van der Waals surface area (Å²) >= 11 is 0. The van der Waals surface area contributed by atoms with Crippen LogP contribution in [0.25, 0.3) is 0 Å². The van der Waals surface area contributed by atoms with Crippen LogP contribution in [-0.2, 0) is 4.74 Å². The van der Waals surface area contributed by atoms with Gasteiger partial charge in [0.15, 0.2) is 0 Å². The normalized spacial score (nSPS) is 55.4. The maximum atomic E-state index is 10.8. The van der Waals surface area contributed by atoms with Crippen LogP contribution < -0.4 is 0 Å². The van der Waals surface area contributed by atoms with Gasteiger partial charge < -0.3 is 14.9 Å². The Morgan fingerprint density at radius 1 is 0.871 bits per heavy atom. The van der Waals surface area contributed by atoms with Gasteiger partial charge in [-0.15, -0.1) is 0 Å². The highest BCUT2D eigenvalue weighted by Crippen LogP contribution is 2.68. The number of hydrogen-bond donors (Lipinski definition) is 2. The Labute approximate surface area is 190 Å². The van der Waals surface area contributed by atoms with Gasteiger partial charge in [-0.3, -0.25) is 0 Å². The van der Waals surface area contributed by atoms with Gasteiger partial charge in [0.25, 0.3) is 0 Å². The first-order chi connectivity index (χ1) is 14.6. The molecule has 4 aliphatic carbocycles. The van der Waals surface area contributed by atoms with Crippen LogP contribution in [0.5, 0.6) is 0 Å². The van der Waals surface area contributed by atoms with E-state index in [1.807, 2.05) is 0 Å². The van der Waals surface area contributed by atoms with E-state index in [-0.39, 0.29) is 0 Å². The second-order valence-corrected chi connectivity index (χ2v) is 13.6. The molecule has 1 saturated heterocycles. The Balaban J connectivity index is 1.28. The smallest absolute Gasteiger partial charge is 0.0902 e. The van der Waals surface area contributed by atoms with Crippen molar-refractivity contribution in [2.24, 2.45) is 46.3 Å². The average Bonchev–Trinajstić information content (AvgIpc) is 3.30. The molecule has 2 N–H and O–H groups in total. The summed E-state index contributed by atoms with van der Waals surface area (Å²) in [6, 6.07) is 0. The number of ether oxygens (including phenoxy) is 1. The van der Waals surface area contributed by atoms with E-state index in [1.54, 1.807) is 0 Å². The highest BCUT2D eigenvalue weighted by Gasteiger charge is 2.61. The Morgan fingerprint density at radius 3 is 2.39 bits per heavy atom. The summed E-state index contributed by atoms with van der Waals surface area (Å²) in [6.07, 6.45) is 14.5. The van der Waals surface area contributed by atoms with E-state index >= 15 is 0 Å². The highest BCUT2D eigenvalue weighted by atomic mass is 16.5. The molecule has 0 bridgehead atoms. The van der Waals surface area contributed by atoms with Gasteiger partial charge in [-0.1, -0.05) is 20.8 Å². The number of rotatable bonds is 4. The molecule has 4 saturated carbocycles. The lowest BCUT2D eigenvalue weighted by Crippen LogP contribution is -2.55. The molecule has 3 nitrogen and oxygen atoms in total. The first-order valence-corrected chi connectivity index (χ1v) is 13.6. The van der Waals surface area contributed by atoms with Crippen molar-refractivity contribution < 1.29 is 14.9 Å². The second kappa shape index (κ2) is 7.70. The van der Waals surface area contributed by atoms with Gasteiger partial charge in [0.05, 0.1) is 17.8 Å². The van der Waals surface area contributed by atoms with Crippen LogP contribution in [0, 0.1) is 46.3 Å². The molecule has 3 heteroatoms. The van der Waals surface area contributed by atoms with E-state index < -0.39 is 11.2 Å². The van der Waals surface area contributed by atoms with Crippen LogP contribution >= 0.6 is 0 Å². The van der Waals surface area contributed by atoms with E-state index in [0.717, 1.165) is 68.3 Å². The summed E-state index contributed by atoms with van der Waals surface area (Å²) in [5.41, 5.74) is -0.0246. The van der Waals surface area contributed by atoms with Crippen molar-refractivity contribution in [3.63, 3.8) is 0 Å². The standard InChI is InChI=1S/C28H48O3/c1-19(9-12-28(30)15-16-31-18-28)22-7-8-23-21-6-5-20-17-25(2,29)13-14-26(20,3)24(21)10-11-27(22,23)4/h19-24,29-30H,5-18H2,1-4H3/t19-,20+,21+,22-,23+,24+,25+,26+,27-,28-/m1/s1. The molecule has 5 aliphatic rings. The van der Waals surface area contributed by atoms with Gasteiger partial charge in [0, 0.05) is 13.0 Å². The molecule has 0 aromatic rings. The zero-order valence-electron chi connectivity index (χ0n) is 20.7. The predicted octanol–water partition coefficient (Wildman–Crippen LogP) is 5.96. The Hall–Kier alpha value is -0.120. The fourth-order valence-corrected chi connectivity index (χ4v) is 9.90. The summed E-state index contributed by atoms with van der Waals surface area (Å²) in [4.78, 5) is 0. The number of hydrogen-bond acceptors (Lipinski definition) is 3. The fourth-order valence-electron chi connectivity index (χ4n) is 9.90. The van der Waals surface area contributed by atoms with E-state index in [2.05, 4.69) is 27.7 Å². The minimum Gasteiger partial charge on any atom is -0.390 e. The summed E-state index contributed by atoms with van der Waals surface area (Å²) in [5.74, 6) is 4.94. The van der Waals surface area contributed by atoms with Crippen molar-refractivity contribution in [3.05, 3.63) is 0 Å². The Kier molecular flexibility index (Phi) is 5.63. The van der Waals surface area contributed by atoms with Crippen molar-refractivity contribution >= 4 is 0 Å². The minimum atomic E-state index is -0.556. The molecule has 0 aromatic heterocycles. The summed E-state index contributed by atoms with van der Waals surface area (Å²) < 4.78 is 5.48.